The number of halogens is 3. The summed E-state index contributed by atoms with van der Waals surface area (Å²) < 4.78 is 9.44. The second-order valence-electron chi connectivity index (χ2n) is 6.72. The molecule has 1 aliphatic heterocycles. The second kappa shape index (κ2) is 6.78. The molecule has 2 N–H and O–H groups in total. The summed E-state index contributed by atoms with van der Waals surface area (Å²) in [4.78, 5) is 12.3. The van der Waals surface area contributed by atoms with Gasteiger partial charge in [0.05, 0.1) is 24.4 Å². The van der Waals surface area contributed by atoms with Crippen LogP contribution in [-0.4, -0.2) is 44.9 Å². The van der Waals surface area contributed by atoms with Gasteiger partial charge in [0.2, 0.25) is 0 Å². The standard InChI is InChI=1S/C16H22Cl3NO4/c1-5-15(20-13(22)16(17,18)19)10(6-9(2)7-12(15)21)11-8-23-14(3,4)24-11/h5,7,10-12,21H,1,6,8H2,2-4H3,(H,20,22)/t10-,11-,12+,15-/m1/s1. The van der Waals surface area contributed by atoms with E-state index in [4.69, 9.17) is 44.3 Å². The molecule has 136 valence electrons. The minimum atomic E-state index is -2.15. The van der Waals surface area contributed by atoms with Crippen LogP contribution in [0.15, 0.2) is 24.3 Å². The number of alkyl halides is 3. The fourth-order valence-electron chi connectivity index (χ4n) is 3.32. The minimum Gasteiger partial charge on any atom is -0.386 e. The lowest BCUT2D eigenvalue weighted by atomic mass is 9.69. The van der Waals surface area contributed by atoms with Crippen LogP contribution in [0.1, 0.15) is 27.2 Å². The van der Waals surface area contributed by atoms with Crippen molar-refractivity contribution in [2.45, 2.75) is 54.5 Å². The van der Waals surface area contributed by atoms with Crippen LogP contribution in [0.25, 0.3) is 0 Å². The van der Waals surface area contributed by atoms with Crippen LogP contribution in [0.5, 0.6) is 0 Å². The van der Waals surface area contributed by atoms with Crippen LogP contribution in [0.4, 0.5) is 0 Å². The monoisotopic (exact) mass is 397 g/mol. The van der Waals surface area contributed by atoms with Gasteiger partial charge < -0.3 is 19.9 Å². The highest BCUT2D eigenvalue weighted by molar-refractivity contribution is 6.76. The van der Waals surface area contributed by atoms with Gasteiger partial charge in [0.25, 0.3) is 9.70 Å². The first-order chi connectivity index (χ1) is 10.9. The number of nitrogens with one attached hydrogen (secondary N) is 1. The smallest absolute Gasteiger partial charge is 0.272 e. The molecular formula is C16H22Cl3NO4. The van der Waals surface area contributed by atoms with E-state index in [1.54, 1.807) is 6.08 Å². The van der Waals surface area contributed by atoms with Crippen LogP contribution in [0.3, 0.4) is 0 Å². The van der Waals surface area contributed by atoms with Crippen molar-refractivity contribution in [2.75, 3.05) is 6.61 Å². The molecule has 24 heavy (non-hydrogen) atoms. The van der Waals surface area contributed by atoms with Gasteiger partial charge >= 0.3 is 0 Å². The van der Waals surface area contributed by atoms with Crippen molar-refractivity contribution < 1.29 is 19.4 Å². The molecule has 1 saturated heterocycles. The summed E-state index contributed by atoms with van der Waals surface area (Å²) in [5.41, 5.74) is -0.254. The van der Waals surface area contributed by atoms with E-state index in [0.717, 1.165) is 5.57 Å². The third-order valence-electron chi connectivity index (χ3n) is 4.49. The summed E-state index contributed by atoms with van der Waals surface area (Å²) >= 11 is 17.0. The van der Waals surface area contributed by atoms with Crippen LogP contribution in [0.2, 0.25) is 0 Å². The average Bonchev–Trinajstić information content (AvgIpc) is 2.80. The van der Waals surface area contributed by atoms with Crippen molar-refractivity contribution in [2.24, 2.45) is 5.92 Å². The molecule has 5 nitrogen and oxygen atoms in total. The molecule has 1 amide bonds. The third-order valence-corrected chi connectivity index (χ3v) is 5.01. The second-order valence-corrected chi connectivity index (χ2v) is 9.01. The van der Waals surface area contributed by atoms with Gasteiger partial charge in [0, 0.05) is 5.92 Å². The summed E-state index contributed by atoms with van der Waals surface area (Å²) in [6.07, 6.45) is 2.34. The van der Waals surface area contributed by atoms with E-state index in [9.17, 15) is 9.90 Å². The Kier molecular flexibility index (Phi) is 5.66. The van der Waals surface area contributed by atoms with E-state index < -0.39 is 27.1 Å². The summed E-state index contributed by atoms with van der Waals surface area (Å²) in [5, 5.41) is 13.3. The fourth-order valence-corrected chi connectivity index (χ4v) is 3.46. The molecule has 2 aliphatic rings. The molecule has 0 spiro atoms. The quantitative estimate of drug-likeness (QED) is 0.566. The SMILES string of the molecule is C=C[C@@]1(NC(=O)C(Cl)(Cl)Cl)[C@@H]([C@H]2COC(C)(C)O2)CC(C)=C[C@@H]1O. The number of ether oxygens (including phenoxy) is 2. The van der Waals surface area contributed by atoms with Crippen LogP contribution < -0.4 is 5.32 Å². The van der Waals surface area contributed by atoms with Crippen LogP contribution >= 0.6 is 34.8 Å². The van der Waals surface area contributed by atoms with Crippen molar-refractivity contribution >= 4 is 40.7 Å². The first-order valence-corrected chi connectivity index (χ1v) is 8.75. The number of amides is 1. The number of hydrogen-bond donors (Lipinski definition) is 2. The summed E-state index contributed by atoms with van der Waals surface area (Å²) in [6, 6.07) is 0. The molecule has 1 fully saturated rings. The van der Waals surface area contributed by atoms with Crippen molar-refractivity contribution in [1.29, 1.82) is 0 Å². The van der Waals surface area contributed by atoms with E-state index in [2.05, 4.69) is 11.9 Å². The van der Waals surface area contributed by atoms with Gasteiger partial charge in [-0.05, 0) is 27.2 Å². The number of rotatable bonds is 3. The van der Waals surface area contributed by atoms with Gasteiger partial charge in [-0.3, -0.25) is 4.79 Å². The Balaban J connectivity index is 2.39. The molecule has 4 atom stereocenters. The van der Waals surface area contributed by atoms with Crippen molar-refractivity contribution in [1.82, 2.24) is 5.32 Å². The summed E-state index contributed by atoms with van der Waals surface area (Å²) in [6.45, 7) is 9.65. The minimum absolute atomic E-state index is 0.326. The number of carbonyl (C=O) groups excluding carboxylic acids is 1. The lowest BCUT2D eigenvalue weighted by molar-refractivity contribution is -0.151. The molecule has 0 unspecified atom stereocenters. The van der Waals surface area contributed by atoms with E-state index in [-0.39, 0.29) is 12.0 Å². The molecule has 0 aromatic carbocycles. The number of carbonyl (C=O) groups is 1. The maximum atomic E-state index is 12.3. The predicted molar refractivity (Wildman–Crippen MR) is 94.1 cm³/mol. The number of aliphatic hydroxyl groups is 1. The molecule has 8 heteroatoms. The first kappa shape index (κ1) is 20.0. The van der Waals surface area contributed by atoms with Gasteiger partial charge in [-0.25, -0.2) is 0 Å². The molecule has 0 saturated carbocycles. The highest BCUT2D eigenvalue weighted by Crippen LogP contribution is 2.42. The Morgan fingerprint density at radius 2 is 2.12 bits per heavy atom. The zero-order chi connectivity index (χ0) is 18.3. The Hall–Kier alpha value is -0.300. The molecule has 1 aliphatic carbocycles. The molecule has 0 aromatic rings. The van der Waals surface area contributed by atoms with Crippen LogP contribution in [0, 0.1) is 5.92 Å². The Morgan fingerprint density at radius 3 is 2.58 bits per heavy atom. The third kappa shape index (κ3) is 3.92. The lowest BCUT2D eigenvalue weighted by Gasteiger charge is -2.47. The Morgan fingerprint density at radius 1 is 1.50 bits per heavy atom. The topological polar surface area (TPSA) is 67.8 Å². The fraction of sp³-hybridized carbons (Fsp3) is 0.688. The highest BCUT2D eigenvalue weighted by atomic mass is 35.6. The summed E-state index contributed by atoms with van der Waals surface area (Å²) in [5.74, 6) is -1.90. The molecule has 0 radical (unpaired) electrons. The van der Waals surface area contributed by atoms with E-state index in [0.29, 0.717) is 13.0 Å². The average molecular weight is 399 g/mol. The lowest BCUT2D eigenvalue weighted by Crippen LogP contribution is -2.65. The van der Waals surface area contributed by atoms with E-state index in [1.165, 1.54) is 6.08 Å². The largest absolute Gasteiger partial charge is 0.386 e. The van der Waals surface area contributed by atoms with Crippen LogP contribution in [-0.2, 0) is 14.3 Å². The Bertz CT molecular complexity index is 558. The molecule has 0 bridgehead atoms. The molecule has 2 rings (SSSR count). The zero-order valence-electron chi connectivity index (χ0n) is 13.8. The van der Waals surface area contributed by atoms with Crippen molar-refractivity contribution in [3.8, 4) is 0 Å². The van der Waals surface area contributed by atoms with Gasteiger partial charge in [0.15, 0.2) is 5.79 Å². The molecular weight excluding hydrogens is 377 g/mol. The summed E-state index contributed by atoms with van der Waals surface area (Å²) in [7, 11) is 0. The number of allylic oxidation sites excluding steroid dienone is 1. The predicted octanol–water partition coefficient (Wildman–Crippen LogP) is 2.88. The zero-order valence-corrected chi connectivity index (χ0v) is 16.1. The maximum Gasteiger partial charge on any atom is 0.272 e. The van der Waals surface area contributed by atoms with E-state index in [1.807, 2.05) is 20.8 Å². The normalized spacial score (nSPS) is 36.1. The van der Waals surface area contributed by atoms with E-state index >= 15 is 0 Å². The van der Waals surface area contributed by atoms with Crippen molar-refractivity contribution in [3.63, 3.8) is 0 Å². The Labute approximate surface area is 156 Å². The highest BCUT2D eigenvalue weighted by Gasteiger charge is 2.53. The molecule has 0 aromatic heterocycles. The first-order valence-electron chi connectivity index (χ1n) is 7.61. The number of aliphatic hydroxyl groups excluding tert-OH is 1. The van der Waals surface area contributed by atoms with Gasteiger partial charge in [-0.15, -0.1) is 6.58 Å². The maximum absolute atomic E-state index is 12.3. The van der Waals surface area contributed by atoms with Gasteiger partial charge in [0.1, 0.15) is 0 Å². The van der Waals surface area contributed by atoms with Gasteiger partial charge in [-0.2, -0.15) is 0 Å². The molecule has 1 heterocycles. The van der Waals surface area contributed by atoms with Gasteiger partial charge in [-0.1, -0.05) is 52.5 Å². The van der Waals surface area contributed by atoms with Crippen molar-refractivity contribution in [3.05, 3.63) is 24.3 Å². The number of hydrogen-bond acceptors (Lipinski definition) is 4.